The second-order valence-electron chi connectivity index (χ2n) is 8.50. The van der Waals surface area contributed by atoms with E-state index in [9.17, 15) is 14.9 Å². The van der Waals surface area contributed by atoms with Crippen LogP contribution in [0.3, 0.4) is 0 Å². The highest BCUT2D eigenvalue weighted by atomic mass is 32.2. The molecule has 1 heterocycles. The van der Waals surface area contributed by atoms with E-state index in [1.807, 2.05) is 73.7 Å². The first-order valence-electron chi connectivity index (χ1n) is 11.9. The molecule has 3 aromatic carbocycles. The van der Waals surface area contributed by atoms with Crippen molar-refractivity contribution in [2.75, 3.05) is 27.0 Å². The number of nitriles is 1. The maximum Gasteiger partial charge on any atom is 0.266 e. The summed E-state index contributed by atoms with van der Waals surface area (Å²) in [7, 11) is 0. The molecule has 1 aromatic heterocycles. The molecule has 0 unspecified atom stereocenters. The molecule has 196 valence electrons. The largest absolute Gasteiger partial charge is 0.332 e. The molecular weight excluding hydrogens is 547 g/mol. The zero-order chi connectivity index (χ0) is 27.8. The lowest BCUT2D eigenvalue weighted by molar-refractivity contribution is -0.113. The number of nitrogens with one attached hydrogen (secondary N) is 4. The highest BCUT2D eigenvalue weighted by Gasteiger charge is 2.21. The average molecular weight is 572 g/mol. The van der Waals surface area contributed by atoms with Crippen LogP contribution in [0, 0.1) is 25.2 Å². The fraction of sp³-hybridized carbons (Fsp3) is 0.103. The van der Waals surface area contributed by atoms with E-state index in [1.54, 1.807) is 19.1 Å². The SMILES string of the molecule is Cc1ccc(NC(=S)Nc2cccc(SCC(=O)Nc3sc(C(=O)Nc4ccccc4)c(C)c3C#N)c2)cc1. The number of thioether (sulfide) groups is 1. The highest BCUT2D eigenvalue weighted by Crippen LogP contribution is 2.33. The van der Waals surface area contributed by atoms with Crippen LogP contribution in [-0.2, 0) is 4.79 Å². The van der Waals surface area contributed by atoms with Crippen molar-refractivity contribution in [2.24, 2.45) is 0 Å². The maximum atomic E-state index is 12.8. The molecule has 0 aliphatic carbocycles. The van der Waals surface area contributed by atoms with Gasteiger partial charge in [-0.05, 0) is 74.1 Å². The quantitative estimate of drug-likeness (QED) is 0.133. The molecular formula is C29H25N5O2S3. The van der Waals surface area contributed by atoms with Gasteiger partial charge >= 0.3 is 0 Å². The van der Waals surface area contributed by atoms with Crippen LogP contribution in [-0.4, -0.2) is 22.7 Å². The number of para-hydroxylation sites is 1. The molecule has 4 aromatic rings. The van der Waals surface area contributed by atoms with E-state index in [2.05, 4.69) is 27.3 Å². The predicted octanol–water partition coefficient (Wildman–Crippen LogP) is 7.03. The van der Waals surface area contributed by atoms with E-state index in [-0.39, 0.29) is 23.1 Å². The van der Waals surface area contributed by atoms with Gasteiger partial charge in [-0.3, -0.25) is 9.59 Å². The number of benzene rings is 3. The number of thiocarbonyl (C=S) groups is 1. The fourth-order valence-electron chi connectivity index (χ4n) is 3.57. The summed E-state index contributed by atoms with van der Waals surface area (Å²) in [6.07, 6.45) is 0. The lowest BCUT2D eigenvalue weighted by Crippen LogP contribution is -2.19. The van der Waals surface area contributed by atoms with E-state index in [4.69, 9.17) is 12.2 Å². The van der Waals surface area contributed by atoms with Gasteiger partial charge in [0.05, 0.1) is 16.2 Å². The Morgan fingerprint density at radius 1 is 0.872 bits per heavy atom. The fourth-order valence-corrected chi connectivity index (χ4v) is 5.63. The van der Waals surface area contributed by atoms with Gasteiger partial charge in [0, 0.05) is 22.0 Å². The van der Waals surface area contributed by atoms with Crippen molar-refractivity contribution >= 4 is 74.3 Å². The topological polar surface area (TPSA) is 106 Å². The van der Waals surface area contributed by atoms with E-state index < -0.39 is 0 Å². The molecule has 7 nitrogen and oxygen atoms in total. The minimum Gasteiger partial charge on any atom is -0.332 e. The van der Waals surface area contributed by atoms with E-state index >= 15 is 0 Å². The van der Waals surface area contributed by atoms with Crippen LogP contribution < -0.4 is 21.3 Å². The first-order valence-corrected chi connectivity index (χ1v) is 14.1. The summed E-state index contributed by atoms with van der Waals surface area (Å²) in [5.74, 6) is -0.472. The lowest BCUT2D eigenvalue weighted by Gasteiger charge is -2.12. The van der Waals surface area contributed by atoms with Crippen molar-refractivity contribution in [1.82, 2.24) is 0 Å². The highest BCUT2D eigenvalue weighted by molar-refractivity contribution is 8.00. The summed E-state index contributed by atoms with van der Waals surface area (Å²) in [6, 6.07) is 26.7. The third-order valence-electron chi connectivity index (χ3n) is 5.52. The van der Waals surface area contributed by atoms with E-state index in [1.165, 1.54) is 17.3 Å². The first kappa shape index (κ1) is 27.9. The van der Waals surface area contributed by atoms with Crippen molar-refractivity contribution in [3.05, 3.63) is 100 Å². The predicted molar refractivity (Wildman–Crippen MR) is 165 cm³/mol. The number of anilines is 4. The van der Waals surface area contributed by atoms with Crippen LogP contribution >= 0.6 is 35.3 Å². The van der Waals surface area contributed by atoms with Crippen LogP contribution in [0.4, 0.5) is 22.1 Å². The van der Waals surface area contributed by atoms with Crippen LogP contribution in [0.5, 0.6) is 0 Å². The monoisotopic (exact) mass is 571 g/mol. The molecule has 0 saturated carbocycles. The van der Waals surface area contributed by atoms with Crippen LogP contribution in [0.1, 0.15) is 26.4 Å². The normalized spacial score (nSPS) is 10.3. The van der Waals surface area contributed by atoms with Gasteiger partial charge in [-0.2, -0.15) is 5.26 Å². The lowest BCUT2D eigenvalue weighted by atomic mass is 10.1. The third kappa shape index (κ3) is 7.67. The summed E-state index contributed by atoms with van der Waals surface area (Å²) in [4.78, 5) is 26.8. The molecule has 0 radical (unpaired) electrons. The summed E-state index contributed by atoms with van der Waals surface area (Å²) in [6.45, 7) is 3.73. The molecule has 4 N–H and O–H groups in total. The molecule has 0 fully saturated rings. The average Bonchev–Trinajstić information content (AvgIpc) is 3.24. The van der Waals surface area contributed by atoms with Crippen molar-refractivity contribution in [3.8, 4) is 6.07 Å². The summed E-state index contributed by atoms with van der Waals surface area (Å²) in [5, 5.41) is 22.4. The Morgan fingerprint density at radius 2 is 1.54 bits per heavy atom. The van der Waals surface area contributed by atoms with Gasteiger partial charge in [0.1, 0.15) is 11.1 Å². The van der Waals surface area contributed by atoms with Gasteiger partial charge in [0.25, 0.3) is 5.91 Å². The molecule has 10 heteroatoms. The number of amides is 2. The number of aryl methyl sites for hydroxylation is 1. The standard InChI is InChI=1S/C29H25N5O2S3/c1-18-11-13-21(14-12-18)32-29(37)33-22-9-6-10-23(15-22)38-17-25(35)34-28-24(16-30)19(2)26(39-28)27(36)31-20-7-4-3-5-8-20/h3-15H,17H2,1-2H3,(H,31,36)(H,34,35)(H2,32,33,37). The number of rotatable bonds is 8. The number of thiophene rings is 1. The van der Waals surface area contributed by atoms with Gasteiger partial charge in [-0.1, -0.05) is 42.0 Å². The van der Waals surface area contributed by atoms with Crippen LogP contribution in [0.15, 0.2) is 83.8 Å². The van der Waals surface area contributed by atoms with Gasteiger partial charge < -0.3 is 21.3 Å². The Hall–Kier alpha value is -4.17. The van der Waals surface area contributed by atoms with Crippen molar-refractivity contribution in [2.45, 2.75) is 18.7 Å². The van der Waals surface area contributed by atoms with Gasteiger partial charge in [0.15, 0.2) is 5.11 Å². The van der Waals surface area contributed by atoms with E-state index in [0.717, 1.165) is 27.6 Å². The molecule has 39 heavy (non-hydrogen) atoms. The third-order valence-corrected chi connectivity index (χ3v) is 7.92. The molecule has 4 rings (SSSR count). The zero-order valence-corrected chi connectivity index (χ0v) is 23.7. The second kappa shape index (κ2) is 13.1. The molecule has 0 saturated heterocycles. The molecule has 0 bridgehead atoms. The van der Waals surface area contributed by atoms with Gasteiger partial charge in [-0.15, -0.1) is 23.1 Å². The molecule has 0 spiro atoms. The van der Waals surface area contributed by atoms with Crippen LogP contribution in [0.2, 0.25) is 0 Å². The molecule has 0 aliphatic rings. The zero-order valence-electron chi connectivity index (χ0n) is 21.2. The Labute approximate surface area is 240 Å². The minimum atomic E-state index is -0.325. The summed E-state index contributed by atoms with van der Waals surface area (Å²) in [5.41, 5.74) is 4.32. The number of carbonyl (C=O) groups excluding carboxylic acids is 2. The van der Waals surface area contributed by atoms with Crippen molar-refractivity contribution in [1.29, 1.82) is 5.26 Å². The summed E-state index contributed by atoms with van der Waals surface area (Å²) < 4.78 is 0. The van der Waals surface area contributed by atoms with Crippen LogP contribution in [0.25, 0.3) is 0 Å². The minimum absolute atomic E-state index is 0.128. The van der Waals surface area contributed by atoms with E-state index in [0.29, 0.717) is 26.2 Å². The maximum absolute atomic E-state index is 12.8. The van der Waals surface area contributed by atoms with Crippen molar-refractivity contribution < 1.29 is 9.59 Å². The van der Waals surface area contributed by atoms with Gasteiger partial charge in [0.2, 0.25) is 5.91 Å². The first-order chi connectivity index (χ1) is 18.8. The smallest absolute Gasteiger partial charge is 0.266 e. The van der Waals surface area contributed by atoms with Crippen molar-refractivity contribution in [3.63, 3.8) is 0 Å². The second-order valence-corrected chi connectivity index (χ2v) is 11.0. The molecule has 0 atom stereocenters. The Balaban J connectivity index is 1.34. The number of carbonyl (C=O) groups is 2. The number of hydrogen-bond donors (Lipinski definition) is 4. The Bertz CT molecular complexity index is 1540. The number of hydrogen-bond acceptors (Lipinski definition) is 6. The van der Waals surface area contributed by atoms with Gasteiger partial charge in [-0.25, -0.2) is 0 Å². The Morgan fingerprint density at radius 3 is 2.26 bits per heavy atom. The Kier molecular flexibility index (Phi) is 9.33. The molecule has 0 aliphatic heterocycles. The molecule has 2 amide bonds. The summed E-state index contributed by atoms with van der Waals surface area (Å²) >= 11 is 7.86. The number of nitrogens with zero attached hydrogens (tertiary/aromatic N) is 1.